The van der Waals surface area contributed by atoms with Crippen LogP contribution in [0, 0.1) is 0 Å². The molecule has 6 nitrogen and oxygen atoms in total. The quantitative estimate of drug-likeness (QED) is 0.609. The SMILES string of the molecule is CC(=O)NCCNC(=O)/C=C/c1ccc(N2CCCC2=O)cc1. The molecule has 0 aromatic heterocycles. The van der Waals surface area contributed by atoms with Crippen LogP contribution < -0.4 is 15.5 Å². The lowest BCUT2D eigenvalue weighted by Gasteiger charge is -2.15. The van der Waals surface area contributed by atoms with E-state index in [1.165, 1.54) is 13.0 Å². The van der Waals surface area contributed by atoms with Crippen LogP contribution in [0.2, 0.25) is 0 Å². The number of nitrogens with one attached hydrogen (secondary N) is 2. The summed E-state index contributed by atoms with van der Waals surface area (Å²) in [6.07, 6.45) is 4.67. The Morgan fingerprint density at radius 1 is 1.17 bits per heavy atom. The molecule has 0 aliphatic carbocycles. The van der Waals surface area contributed by atoms with Gasteiger partial charge in [0.15, 0.2) is 0 Å². The predicted octanol–water partition coefficient (Wildman–Crippen LogP) is 1.08. The molecule has 2 N–H and O–H groups in total. The first-order valence-electron chi connectivity index (χ1n) is 7.67. The lowest BCUT2D eigenvalue weighted by Crippen LogP contribution is -2.32. The van der Waals surface area contributed by atoms with Crippen molar-refractivity contribution in [2.24, 2.45) is 0 Å². The van der Waals surface area contributed by atoms with Crippen LogP contribution in [0.25, 0.3) is 6.08 Å². The zero-order chi connectivity index (χ0) is 16.7. The molecular weight excluding hydrogens is 294 g/mol. The van der Waals surface area contributed by atoms with Crippen molar-refractivity contribution in [3.05, 3.63) is 35.9 Å². The first-order valence-corrected chi connectivity index (χ1v) is 7.67. The fourth-order valence-corrected chi connectivity index (χ4v) is 2.34. The van der Waals surface area contributed by atoms with Crippen LogP contribution in [0.5, 0.6) is 0 Å². The summed E-state index contributed by atoms with van der Waals surface area (Å²) in [5, 5.41) is 5.28. The van der Waals surface area contributed by atoms with Gasteiger partial charge in [0.2, 0.25) is 17.7 Å². The number of hydrogen-bond donors (Lipinski definition) is 2. The summed E-state index contributed by atoms with van der Waals surface area (Å²) in [7, 11) is 0. The molecule has 3 amide bonds. The fraction of sp³-hybridized carbons (Fsp3) is 0.353. The van der Waals surface area contributed by atoms with Gasteiger partial charge in [0.05, 0.1) is 0 Å². The minimum absolute atomic E-state index is 0.119. The molecule has 0 spiro atoms. The van der Waals surface area contributed by atoms with Gasteiger partial charge in [0.25, 0.3) is 0 Å². The van der Waals surface area contributed by atoms with E-state index in [-0.39, 0.29) is 17.7 Å². The first-order chi connectivity index (χ1) is 11.1. The van der Waals surface area contributed by atoms with Gasteiger partial charge in [-0.25, -0.2) is 0 Å². The van der Waals surface area contributed by atoms with Crippen LogP contribution in [-0.4, -0.2) is 37.4 Å². The highest BCUT2D eigenvalue weighted by molar-refractivity contribution is 5.95. The molecule has 1 aliphatic rings. The Morgan fingerprint density at radius 3 is 2.48 bits per heavy atom. The van der Waals surface area contributed by atoms with Crippen molar-refractivity contribution in [3.63, 3.8) is 0 Å². The number of benzene rings is 1. The van der Waals surface area contributed by atoms with Gasteiger partial charge in [-0.2, -0.15) is 0 Å². The molecule has 0 bridgehead atoms. The van der Waals surface area contributed by atoms with Crippen LogP contribution in [0.15, 0.2) is 30.3 Å². The second-order valence-corrected chi connectivity index (χ2v) is 5.35. The highest BCUT2D eigenvalue weighted by atomic mass is 16.2. The molecule has 1 aromatic carbocycles. The molecule has 1 heterocycles. The second kappa shape index (κ2) is 8.12. The van der Waals surface area contributed by atoms with Crippen molar-refractivity contribution in [1.29, 1.82) is 0 Å². The van der Waals surface area contributed by atoms with Crippen LogP contribution in [0.3, 0.4) is 0 Å². The largest absolute Gasteiger partial charge is 0.355 e. The lowest BCUT2D eigenvalue weighted by molar-refractivity contribution is -0.119. The van der Waals surface area contributed by atoms with E-state index in [4.69, 9.17) is 0 Å². The maximum absolute atomic E-state index is 11.7. The Kier molecular flexibility index (Phi) is 5.91. The number of amides is 3. The summed E-state index contributed by atoms with van der Waals surface area (Å²) in [5.74, 6) is -0.174. The average Bonchev–Trinajstić information content (AvgIpc) is 2.96. The predicted molar refractivity (Wildman–Crippen MR) is 88.8 cm³/mol. The van der Waals surface area contributed by atoms with E-state index < -0.39 is 0 Å². The zero-order valence-electron chi connectivity index (χ0n) is 13.2. The van der Waals surface area contributed by atoms with Gasteiger partial charge < -0.3 is 15.5 Å². The monoisotopic (exact) mass is 315 g/mol. The van der Waals surface area contributed by atoms with Crippen LogP contribution in [-0.2, 0) is 14.4 Å². The number of rotatable bonds is 6. The molecule has 0 unspecified atom stereocenters. The van der Waals surface area contributed by atoms with Gasteiger partial charge in [-0.05, 0) is 30.2 Å². The van der Waals surface area contributed by atoms with E-state index in [9.17, 15) is 14.4 Å². The van der Waals surface area contributed by atoms with E-state index in [0.717, 1.165) is 24.2 Å². The van der Waals surface area contributed by atoms with Crippen LogP contribution in [0.1, 0.15) is 25.3 Å². The number of nitrogens with zero attached hydrogens (tertiary/aromatic N) is 1. The van der Waals surface area contributed by atoms with E-state index in [0.29, 0.717) is 19.5 Å². The molecule has 1 saturated heterocycles. The van der Waals surface area contributed by atoms with Gasteiger partial charge >= 0.3 is 0 Å². The van der Waals surface area contributed by atoms with Crippen molar-refractivity contribution in [1.82, 2.24) is 10.6 Å². The Balaban J connectivity index is 1.81. The lowest BCUT2D eigenvalue weighted by atomic mass is 10.2. The van der Waals surface area contributed by atoms with Gasteiger partial charge in [0.1, 0.15) is 0 Å². The molecule has 6 heteroatoms. The fourth-order valence-electron chi connectivity index (χ4n) is 2.34. The van der Waals surface area contributed by atoms with E-state index in [2.05, 4.69) is 10.6 Å². The summed E-state index contributed by atoms with van der Waals surface area (Å²) in [6.45, 7) is 3.00. The molecule has 0 atom stereocenters. The van der Waals surface area contributed by atoms with Crippen molar-refractivity contribution in [2.75, 3.05) is 24.5 Å². The van der Waals surface area contributed by atoms with Crippen LogP contribution in [0.4, 0.5) is 5.69 Å². The third-order valence-corrected chi connectivity index (χ3v) is 3.50. The Morgan fingerprint density at radius 2 is 1.87 bits per heavy atom. The van der Waals surface area contributed by atoms with Crippen molar-refractivity contribution < 1.29 is 14.4 Å². The summed E-state index contributed by atoms with van der Waals surface area (Å²) >= 11 is 0. The number of anilines is 1. The second-order valence-electron chi connectivity index (χ2n) is 5.35. The average molecular weight is 315 g/mol. The third-order valence-electron chi connectivity index (χ3n) is 3.50. The number of hydrogen-bond acceptors (Lipinski definition) is 3. The Hall–Kier alpha value is -2.63. The van der Waals surface area contributed by atoms with Crippen molar-refractivity contribution in [2.45, 2.75) is 19.8 Å². The van der Waals surface area contributed by atoms with Gasteiger partial charge in [-0.15, -0.1) is 0 Å². The molecule has 1 aliphatic heterocycles. The molecule has 0 radical (unpaired) electrons. The van der Waals surface area contributed by atoms with Crippen molar-refractivity contribution in [3.8, 4) is 0 Å². The molecule has 23 heavy (non-hydrogen) atoms. The number of carbonyl (C=O) groups excluding carboxylic acids is 3. The number of carbonyl (C=O) groups is 3. The highest BCUT2D eigenvalue weighted by Gasteiger charge is 2.21. The molecule has 1 fully saturated rings. The topological polar surface area (TPSA) is 78.5 Å². The summed E-state index contributed by atoms with van der Waals surface area (Å²) in [4.78, 5) is 35.8. The smallest absolute Gasteiger partial charge is 0.244 e. The van der Waals surface area contributed by atoms with Crippen molar-refractivity contribution >= 4 is 29.5 Å². The Bertz CT molecular complexity index is 608. The molecule has 0 saturated carbocycles. The molecular formula is C17H21N3O3. The normalized spacial score (nSPS) is 14.3. The minimum Gasteiger partial charge on any atom is -0.355 e. The van der Waals surface area contributed by atoms with E-state index in [1.807, 2.05) is 24.3 Å². The maximum atomic E-state index is 11.7. The highest BCUT2D eigenvalue weighted by Crippen LogP contribution is 2.21. The standard InChI is InChI=1S/C17H21N3O3/c1-13(21)18-10-11-19-16(22)9-6-14-4-7-15(8-5-14)20-12-2-3-17(20)23/h4-9H,2-3,10-12H2,1H3,(H,18,21)(H,19,22)/b9-6+. The summed E-state index contributed by atoms with van der Waals surface area (Å²) in [6, 6.07) is 7.53. The van der Waals surface area contributed by atoms with E-state index >= 15 is 0 Å². The molecule has 122 valence electrons. The summed E-state index contributed by atoms with van der Waals surface area (Å²) < 4.78 is 0. The van der Waals surface area contributed by atoms with Gasteiger partial charge in [0, 0.05) is 44.7 Å². The molecule has 2 rings (SSSR count). The maximum Gasteiger partial charge on any atom is 0.244 e. The van der Waals surface area contributed by atoms with E-state index in [1.54, 1.807) is 11.0 Å². The molecule has 1 aromatic rings. The van der Waals surface area contributed by atoms with Crippen LogP contribution >= 0.6 is 0 Å². The zero-order valence-corrected chi connectivity index (χ0v) is 13.2. The van der Waals surface area contributed by atoms with Gasteiger partial charge in [-0.1, -0.05) is 12.1 Å². The third kappa shape index (κ3) is 5.25. The Labute approximate surface area is 135 Å². The van der Waals surface area contributed by atoms with Gasteiger partial charge in [-0.3, -0.25) is 14.4 Å². The minimum atomic E-state index is -0.214. The summed E-state index contributed by atoms with van der Waals surface area (Å²) in [5.41, 5.74) is 1.78. The first kappa shape index (κ1) is 16.7.